The van der Waals surface area contributed by atoms with Gasteiger partial charge < -0.3 is 14.2 Å². The number of ether oxygens (including phenoxy) is 1. The minimum Gasteiger partial charge on any atom is -0.378 e. The number of likely N-dealkylation sites (tertiary alicyclic amines) is 1. The first-order chi connectivity index (χ1) is 12.6. The molecule has 1 amide bonds. The zero-order chi connectivity index (χ0) is 18.0. The highest BCUT2D eigenvalue weighted by Gasteiger charge is 2.47. The number of nitrogens with zero attached hydrogens (tertiary/aromatic N) is 3. The van der Waals surface area contributed by atoms with Crippen LogP contribution in [-0.2, 0) is 16.0 Å². The van der Waals surface area contributed by atoms with Crippen molar-refractivity contribution in [3.8, 4) is 11.5 Å². The fourth-order valence-electron chi connectivity index (χ4n) is 3.38. The molecule has 0 spiro atoms. The van der Waals surface area contributed by atoms with Crippen LogP contribution in [0.2, 0.25) is 0 Å². The first-order valence-corrected chi connectivity index (χ1v) is 9.43. The van der Waals surface area contributed by atoms with Crippen LogP contribution in [0.25, 0.3) is 11.5 Å². The fraction of sp³-hybridized carbons (Fsp3) is 0.550. The van der Waals surface area contributed by atoms with Crippen molar-refractivity contribution in [3.63, 3.8) is 0 Å². The zero-order valence-electron chi connectivity index (χ0n) is 15.2. The lowest BCUT2D eigenvalue weighted by Crippen LogP contribution is -2.43. The van der Waals surface area contributed by atoms with E-state index in [2.05, 4.69) is 17.1 Å². The van der Waals surface area contributed by atoms with E-state index in [1.165, 1.54) is 0 Å². The lowest BCUT2D eigenvalue weighted by molar-refractivity contribution is -0.139. The molecule has 6 nitrogen and oxygen atoms in total. The molecular formula is C20H25N3O3. The number of aromatic nitrogens is 2. The molecule has 1 saturated carbocycles. The van der Waals surface area contributed by atoms with E-state index in [4.69, 9.17) is 9.26 Å². The van der Waals surface area contributed by atoms with Crippen molar-refractivity contribution in [1.82, 2.24) is 15.0 Å². The highest BCUT2D eigenvalue weighted by molar-refractivity contribution is 5.84. The Kier molecular flexibility index (Phi) is 4.76. The molecule has 1 aliphatic heterocycles. The molecule has 0 N–H and O–H groups in total. The number of rotatable bonds is 6. The van der Waals surface area contributed by atoms with Gasteiger partial charge in [0, 0.05) is 30.5 Å². The lowest BCUT2D eigenvalue weighted by Gasteiger charge is -2.33. The van der Waals surface area contributed by atoms with Crippen LogP contribution in [0, 0.1) is 5.41 Å². The van der Waals surface area contributed by atoms with E-state index < -0.39 is 0 Å². The van der Waals surface area contributed by atoms with Crippen molar-refractivity contribution in [1.29, 1.82) is 0 Å². The molecule has 1 aromatic carbocycles. The number of hydrogen-bond acceptors (Lipinski definition) is 5. The molecule has 2 aliphatic rings. The summed E-state index contributed by atoms with van der Waals surface area (Å²) in [7, 11) is 0. The van der Waals surface area contributed by atoms with Crippen LogP contribution in [0.15, 0.2) is 34.9 Å². The standard InChI is InChI=1S/C20H25N3O3/c1-20(10-11-20)19(24)23-12-7-16(8-13-23)25-14-9-17-21-18(26-22-17)15-5-3-2-4-6-15/h2-6,16H,7-14H2,1H3. The molecule has 0 bridgehead atoms. The first-order valence-electron chi connectivity index (χ1n) is 9.43. The molecule has 1 aliphatic carbocycles. The summed E-state index contributed by atoms with van der Waals surface area (Å²) in [6, 6.07) is 9.75. The third kappa shape index (κ3) is 3.80. The zero-order valence-corrected chi connectivity index (χ0v) is 15.2. The Hall–Kier alpha value is -2.21. The number of carbonyl (C=O) groups excluding carboxylic acids is 1. The highest BCUT2D eigenvalue weighted by atomic mass is 16.5. The van der Waals surface area contributed by atoms with Crippen molar-refractivity contribution in [2.75, 3.05) is 19.7 Å². The number of carbonyl (C=O) groups is 1. The van der Waals surface area contributed by atoms with Crippen LogP contribution >= 0.6 is 0 Å². The summed E-state index contributed by atoms with van der Waals surface area (Å²) in [6.07, 6.45) is 4.74. The molecule has 6 heteroatoms. The number of benzene rings is 1. The predicted octanol–water partition coefficient (Wildman–Crippen LogP) is 3.09. The molecular weight excluding hydrogens is 330 g/mol. The van der Waals surface area contributed by atoms with E-state index in [-0.39, 0.29) is 11.5 Å². The van der Waals surface area contributed by atoms with Crippen LogP contribution in [0.5, 0.6) is 0 Å². The molecule has 0 radical (unpaired) electrons. The van der Waals surface area contributed by atoms with Gasteiger partial charge in [0.05, 0.1) is 12.7 Å². The number of piperidine rings is 1. The van der Waals surface area contributed by atoms with Gasteiger partial charge in [0.15, 0.2) is 5.82 Å². The van der Waals surface area contributed by atoms with Gasteiger partial charge in [0.1, 0.15) is 0 Å². The molecule has 0 atom stereocenters. The predicted molar refractivity (Wildman–Crippen MR) is 96.3 cm³/mol. The normalized spacial score (nSPS) is 19.5. The second-order valence-electron chi connectivity index (χ2n) is 7.55. The van der Waals surface area contributed by atoms with Crippen LogP contribution in [0.3, 0.4) is 0 Å². The van der Waals surface area contributed by atoms with Crippen LogP contribution in [0.4, 0.5) is 0 Å². The van der Waals surface area contributed by atoms with Crippen LogP contribution in [0.1, 0.15) is 38.4 Å². The Balaban J connectivity index is 1.20. The third-order valence-electron chi connectivity index (χ3n) is 5.41. The summed E-state index contributed by atoms with van der Waals surface area (Å²) < 4.78 is 11.3. The Morgan fingerprint density at radius 3 is 2.69 bits per heavy atom. The molecule has 2 heterocycles. The molecule has 0 unspecified atom stereocenters. The number of hydrogen-bond donors (Lipinski definition) is 0. The van der Waals surface area contributed by atoms with E-state index in [9.17, 15) is 4.79 Å². The summed E-state index contributed by atoms with van der Waals surface area (Å²) in [5, 5.41) is 4.03. The van der Waals surface area contributed by atoms with Gasteiger partial charge in [-0.05, 0) is 37.8 Å². The summed E-state index contributed by atoms with van der Waals surface area (Å²) in [5.41, 5.74) is 0.858. The van der Waals surface area contributed by atoms with E-state index in [1.807, 2.05) is 35.2 Å². The largest absolute Gasteiger partial charge is 0.378 e. The summed E-state index contributed by atoms with van der Waals surface area (Å²) >= 11 is 0. The fourth-order valence-corrected chi connectivity index (χ4v) is 3.38. The Morgan fingerprint density at radius 1 is 1.27 bits per heavy atom. The second kappa shape index (κ2) is 7.19. The summed E-state index contributed by atoms with van der Waals surface area (Å²) in [5.74, 6) is 1.54. The third-order valence-corrected chi connectivity index (χ3v) is 5.41. The molecule has 2 aromatic rings. The van der Waals surface area contributed by atoms with Gasteiger partial charge in [0.25, 0.3) is 5.89 Å². The molecule has 1 aromatic heterocycles. The maximum Gasteiger partial charge on any atom is 0.257 e. The summed E-state index contributed by atoms with van der Waals surface area (Å²) in [4.78, 5) is 18.8. The van der Waals surface area contributed by atoms with Crippen molar-refractivity contribution < 1.29 is 14.1 Å². The molecule has 4 rings (SSSR count). The maximum absolute atomic E-state index is 12.4. The maximum atomic E-state index is 12.4. The number of amides is 1. The quantitative estimate of drug-likeness (QED) is 0.796. The van der Waals surface area contributed by atoms with Gasteiger partial charge in [-0.25, -0.2) is 0 Å². The summed E-state index contributed by atoms with van der Waals surface area (Å²) in [6.45, 7) is 4.26. The van der Waals surface area contributed by atoms with Gasteiger partial charge in [-0.2, -0.15) is 4.98 Å². The Labute approximate surface area is 153 Å². The van der Waals surface area contributed by atoms with Crippen molar-refractivity contribution in [3.05, 3.63) is 36.2 Å². The SMILES string of the molecule is CC1(C(=O)N2CCC(OCCc3noc(-c4ccccc4)n3)CC2)CC1. The van der Waals surface area contributed by atoms with Crippen molar-refractivity contribution in [2.45, 2.75) is 45.1 Å². The molecule has 138 valence electrons. The van der Waals surface area contributed by atoms with Gasteiger partial charge in [-0.3, -0.25) is 4.79 Å². The van der Waals surface area contributed by atoms with Gasteiger partial charge in [0.2, 0.25) is 5.91 Å². The van der Waals surface area contributed by atoms with Gasteiger partial charge in [-0.15, -0.1) is 0 Å². The smallest absolute Gasteiger partial charge is 0.257 e. The average Bonchev–Trinajstić information content (AvgIpc) is 3.26. The molecule has 1 saturated heterocycles. The van der Waals surface area contributed by atoms with E-state index in [0.29, 0.717) is 30.7 Å². The second-order valence-corrected chi connectivity index (χ2v) is 7.55. The first kappa shape index (κ1) is 17.2. The van der Waals surface area contributed by atoms with Crippen LogP contribution < -0.4 is 0 Å². The molecule has 2 fully saturated rings. The van der Waals surface area contributed by atoms with E-state index in [1.54, 1.807) is 0 Å². The van der Waals surface area contributed by atoms with E-state index in [0.717, 1.165) is 44.3 Å². The van der Waals surface area contributed by atoms with Crippen molar-refractivity contribution in [2.24, 2.45) is 5.41 Å². The highest BCUT2D eigenvalue weighted by Crippen LogP contribution is 2.46. The van der Waals surface area contributed by atoms with Gasteiger partial charge in [-0.1, -0.05) is 30.3 Å². The van der Waals surface area contributed by atoms with E-state index >= 15 is 0 Å². The Morgan fingerprint density at radius 2 is 2.00 bits per heavy atom. The molecule has 26 heavy (non-hydrogen) atoms. The monoisotopic (exact) mass is 355 g/mol. The topological polar surface area (TPSA) is 68.5 Å². The minimum absolute atomic E-state index is 0.0667. The Bertz CT molecular complexity index is 747. The van der Waals surface area contributed by atoms with Crippen LogP contribution in [-0.4, -0.2) is 46.7 Å². The lowest BCUT2D eigenvalue weighted by atomic mass is 10.0. The van der Waals surface area contributed by atoms with Gasteiger partial charge >= 0.3 is 0 Å². The average molecular weight is 355 g/mol. The van der Waals surface area contributed by atoms with Crippen molar-refractivity contribution >= 4 is 5.91 Å². The minimum atomic E-state index is -0.0667.